The van der Waals surface area contributed by atoms with Gasteiger partial charge in [0.15, 0.2) is 5.78 Å². The lowest BCUT2D eigenvalue weighted by molar-refractivity contribution is 0.0908. The largest absolute Gasteiger partial charge is 0.387 e. The number of carbonyl (C=O) groups excluding carboxylic acids is 2. The van der Waals surface area contributed by atoms with E-state index >= 15 is 0 Å². The fourth-order valence-electron chi connectivity index (χ4n) is 2.83. The first-order valence-electron chi connectivity index (χ1n) is 8.88. The van der Waals surface area contributed by atoms with Gasteiger partial charge in [0.2, 0.25) is 0 Å². The molecular weight excluding hydrogens is 357 g/mol. The van der Waals surface area contributed by atoms with Crippen LogP contribution in [-0.4, -0.2) is 23.3 Å². The summed E-state index contributed by atoms with van der Waals surface area (Å²) in [7, 11) is 0. The molecule has 3 aromatic rings. The maximum Gasteiger partial charge on any atom is 0.252 e. The van der Waals surface area contributed by atoms with Gasteiger partial charge in [0.05, 0.1) is 11.7 Å². The molecule has 5 heteroatoms. The van der Waals surface area contributed by atoms with Crippen molar-refractivity contribution in [2.45, 2.75) is 13.0 Å². The number of aliphatic hydroxyl groups excluding tert-OH is 1. The van der Waals surface area contributed by atoms with Crippen LogP contribution in [-0.2, 0) is 0 Å². The highest BCUT2D eigenvalue weighted by atomic mass is 19.1. The van der Waals surface area contributed by atoms with Crippen LogP contribution < -0.4 is 5.32 Å². The highest BCUT2D eigenvalue weighted by Crippen LogP contribution is 2.17. The molecule has 1 atom stereocenters. The molecule has 0 aliphatic rings. The maximum absolute atomic E-state index is 13.1. The minimum absolute atomic E-state index is 0.0148. The van der Waals surface area contributed by atoms with Crippen molar-refractivity contribution in [2.75, 3.05) is 6.54 Å². The summed E-state index contributed by atoms with van der Waals surface area (Å²) in [5.41, 5.74) is 2.49. The van der Waals surface area contributed by atoms with Crippen LogP contribution in [0.4, 0.5) is 4.39 Å². The van der Waals surface area contributed by atoms with Crippen LogP contribution in [0.2, 0.25) is 0 Å². The molecule has 28 heavy (non-hydrogen) atoms. The van der Waals surface area contributed by atoms with Crippen LogP contribution in [0, 0.1) is 12.7 Å². The van der Waals surface area contributed by atoms with Crippen molar-refractivity contribution in [1.82, 2.24) is 5.32 Å². The number of ketones is 1. The van der Waals surface area contributed by atoms with E-state index in [1.165, 1.54) is 24.3 Å². The van der Waals surface area contributed by atoms with E-state index in [-0.39, 0.29) is 23.5 Å². The Morgan fingerprint density at radius 2 is 1.54 bits per heavy atom. The van der Waals surface area contributed by atoms with Gasteiger partial charge in [-0.25, -0.2) is 4.39 Å². The summed E-state index contributed by atoms with van der Waals surface area (Å²) < 4.78 is 13.1. The van der Waals surface area contributed by atoms with E-state index in [0.717, 1.165) is 5.56 Å². The molecule has 3 aromatic carbocycles. The summed E-state index contributed by atoms with van der Waals surface area (Å²) in [6.07, 6.45) is -0.857. The highest BCUT2D eigenvalue weighted by Gasteiger charge is 2.19. The van der Waals surface area contributed by atoms with Gasteiger partial charge >= 0.3 is 0 Å². The van der Waals surface area contributed by atoms with Crippen molar-refractivity contribution in [3.8, 4) is 0 Å². The molecule has 0 aromatic heterocycles. The summed E-state index contributed by atoms with van der Waals surface area (Å²) in [5.74, 6) is -1.27. The van der Waals surface area contributed by atoms with Gasteiger partial charge in [-0.2, -0.15) is 0 Å². The number of carbonyl (C=O) groups is 2. The molecule has 0 aliphatic heterocycles. The summed E-state index contributed by atoms with van der Waals surface area (Å²) in [6.45, 7) is 1.97. The molecule has 142 valence electrons. The Morgan fingerprint density at radius 1 is 0.929 bits per heavy atom. The predicted molar refractivity (Wildman–Crippen MR) is 105 cm³/mol. The van der Waals surface area contributed by atoms with Gasteiger partial charge < -0.3 is 10.4 Å². The minimum Gasteiger partial charge on any atom is -0.387 e. The molecule has 0 saturated carbocycles. The first-order valence-corrected chi connectivity index (χ1v) is 8.88. The SMILES string of the molecule is Cc1ccc(C(O)CNC(=O)c2ccccc2C(=O)c2ccc(F)cc2)cc1. The zero-order valence-electron chi connectivity index (χ0n) is 15.4. The molecule has 0 saturated heterocycles. The molecule has 0 heterocycles. The van der Waals surface area contributed by atoms with Crippen molar-refractivity contribution in [1.29, 1.82) is 0 Å². The summed E-state index contributed by atoms with van der Waals surface area (Å²) in [4.78, 5) is 25.3. The number of hydrogen-bond donors (Lipinski definition) is 2. The fourth-order valence-corrected chi connectivity index (χ4v) is 2.83. The molecule has 4 nitrogen and oxygen atoms in total. The standard InChI is InChI=1S/C23H20FNO3/c1-15-6-8-16(9-7-15)21(26)14-25-23(28)20-5-3-2-4-19(20)22(27)17-10-12-18(24)13-11-17/h2-13,21,26H,14H2,1H3,(H,25,28). The number of aliphatic hydroxyl groups is 1. The van der Waals surface area contributed by atoms with Crippen LogP contribution in [0.25, 0.3) is 0 Å². The molecule has 1 amide bonds. The molecule has 3 rings (SSSR count). The van der Waals surface area contributed by atoms with Crippen molar-refractivity contribution in [2.24, 2.45) is 0 Å². The third-order valence-electron chi connectivity index (χ3n) is 4.44. The second kappa shape index (κ2) is 8.59. The van der Waals surface area contributed by atoms with E-state index in [0.29, 0.717) is 11.1 Å². The molecule has 0 bridgehead atoms. The molecular formula is C23H20FNO3. The number of nitrogens with one attached hydrogen (secondary N) is 1. The molecule has 1 unspecified atom stereocenters. The Bertz CT molecular complexity index is 981. The number of amides is 1. The lowest BCUT2D eigenvalue weighted by Crippen LogP contribution is -2.29. The van der Waals surface area contributed by atoms with Gasteiger partial charge in [-0.15, -0.1) is 0 Å². The van der Waals surface area contributed by atoms with E-state index in [1.807, 2.05) is 19.1 Å². The van der Waals surface area contributed by atoms with Gasteiger partial charge in [0, 0.05) is 17.7 Å². The number of halogens is 1. The van der Waals surface area contributed by atoms with E-state index in [4.69, 9.17) is 0 Å². The Hall–Kier alpha value is -3.31. The van der Waals surface area contributed by atoms with E-state index < -0.39 is 17.8 Å². The van der Waals surface area contributed by atoms with E-state index in [1.54, 1.807) is 36.4 Å². The number of hydrogen-bond acceptors (Lipinski definition) is 3. The fraction of sp³-hybridized carbons (Fsp3) is 0.130. The van der Waals surface area contributed by atoms with Gasteiger partial charge in [-0.05, 0) is 42.8 Å². The third-order valence-corrected chi connectivity index (χ3v) is 4.44. The van der Waals surface area contributed by atoms with Crippen LogP contribution in [0.5, 0.6) is 0 Å². The van der Waals surface area contributed by atoms with Gasteiger partial charge in [-0.1, -0.05) is 48.0 Å². The average molecular weight is 377 g/mol. The normalized spacial score (nSPS) is 11.7. The summed E-state index contributed by atoms with van der Waals surface area (Å²) in [5, 5.41) is 12.9. The Balaban J connectivity index is 1.74. The van der Waals surface area contributed by atoms with Crippen molar-refractivity contribution in [3.63, 3.8) is 0 Å². The molecule has 0 fully saturated rings. The zero-order chi connectivity index (χ0) is 20.1. The molecule has 0 aliphatic carbocycles. The molecule has 2 N–H and O–H groups in total. The summed E-state index contributed by atoms with van der Waals surface area (Å²) >= 11 is 0. The van der Waals surface area contributed by atoms with Gasteiger partial charge in [0.25, 0.3) is 5.91 Å². The van der Waals surface area contributed by atoms with Gasteiger partial charge in [-0.3, -0.25) is 9.59 Å². The number of benzene rings is 3. The Kier molecular flexibility index (Phi) is 5.96. The van der Waals surface area contributed by atoms with Gasteiger partial charge in [0.1, 0.15) is 5.82 Å². The van der Waals surface area contributed by atoms with Crippen LogP contribution in [0.3, 0.4) is 0 Å². The lowest BCUT2D eigenvalue weighted by Gasteiger charge is -2.14. The van der Waals surface area contributed by atoms with E-state index in [9.17, 15) is 19.1 Å². The smallest absolute Gasteiger partial charge is 0.252 e. The second-order valence-electron chi connectivity index (χ2n) is 6.52. The van der Waals surface area contributed by atoms with E-state index in [2.05, 4.69) is 5.32 Å². The van der Waals surface area contributed by atoms with Crippen LogP contribution in [0.1, 0.15) is 43.5 Å². The molecule has 0 spiro atoms. The first-order chi connectivity index (χ1) is 13.5. The zero-order valence-corrected chi connectivity index (χ0v) is 15.4. The lowest BCUT2D eigenvalue weighted by atomic mass is 9.98. The van der Waals surface area contributed by atoms with Crippen molar-refractivity contribution < 1.29 is 19.1 Å². The number of aryl methyl sites for hydroxylation is 1. The maximum atomic E-state index is 13.1. The van der Waals surface area contributed by atoms with Crippen LogP contribution in [0.15, 0.2) is 72.8 Å². The Labute approximate surface area is 162 Å². The molecule has 0 radical (unpaired) electrons. The average Bonchev–Trinajstić information content (AvgIpc) is 2.72. The van der Waals surface area contributed by atoms with Crippen LogP contribution >= 0.6 is 0 Å². The third kappa shape index (κ3) is 4.50. The highest BCUT2D eigenvalue weighted by molar-refractivity contribution is 6.15. The monoisotopic (exact) mass is 377 g/mol. The minimum atomic E-state index is -0.857. The predicted octanol–water partition coefficient (Wildman–Crippen LogP) is 3.83. The Morgan fingerprint density at radius 3 is 2.18 bits per heavy atom. The van der Waals surface area contributed by atoms with Crippen molar-refractivity contribution in [3.05, 3.63) is 106 Å². The first kappa shape index (κ1) is 19.5. The topological polar surface area (TPSA) is 66.4 Å². The van der Waals surface area contributed by atoms with Crippen molar-refractivity contribution >= 4 is 11.7 Å². The second-order valence-corrected chi connectivity index (χ2v) is 6.52. The number of rotatable bonds is 6. The quantitative estimate of drug-likeness (QED) is 0.642. The summed E-state index contributed by atoms with van der Waals surface area (Å²) in [6, 6.07) is 19.0.